The highest BCUT2D eigenvalue weighted by Crippen LogP contribution is 2.32. The van der Waals surface area contributed by atoms with E-state index >= 15 is 0 Å². The number of aromatic nitrogens is 6. The van der Waals surface area contributed by atoms with Gasteiger partial charge in [-0.15, -0.1) is 0 Å². The molecule has 1 aliphatic rings. The normalized spacial score (nSPS) is 14.1. The van der Waals surface area contributed by atoms with Gasteiger partial charge in [0, 0.05) is 37.8 Å². The molecule has 1 saturated heterocycles. The van der Waals surface area contributed by atoms with Crippen LogP contribution in [0.1, 0.15) is 16.1 Å². The van der Waals surface area contributed by atoms with Crippen molar-refractivity contribution in [3.8, 4) is 17.1 Å². The fourth-order valence-corrected chi connectivity index (χ4v) is 3.95. The van der Waals surface area contributed by atoms with Crippen molar-refractivity contribution in [2.24, 2.45) is 0 Å². The van der Waals surface area contributed by atoms with Gasteiger partial charge in [0.2, 0.25) is 0 Å². The molecule has 162 valence electrons. The molecule has 3 aromatic heterocycles. The van der Waals surface area contributed by atoms with Gasteiger partial charge in [-0.25, -0.2) is 19.6 Å². The Morgan fingerprint density at radius 2 is 1.84 bits per heavy atom. The van der Waals surface area contributed by atoms with Gasteiger partial charge in [-0.3, -0.25) is 4.79 Å². The summed E-state index contributed by atoms with van der Waals surface area (Å²) in [4.78, 5) is 29.8. The minimum atomic E-state index is -0.121. The molecule has 4 heterocycles. The lowest BCUT2D eigenvalue weighted by molar-refractivity contribution is 0.0745. The van der Waals surface area contributed by atoms with Crippen molar-refractivity contribution in [2.75, 3.05) is 31.1 Å². The second-order valence-corrected chi connectivity index (χ2v) is 7.70. The molecule has 0 radical (unpaired) electrons. The summed E-state index contributed by atoms with van der Waals surface area (Å²) in [6.45, 7) is 4.07. The predicted molar refractivity (Wildman–Crippen MR) is 117 cm³/mol. The molecule has 0 atom stereocenters. The van der Waals surface area contributed by atoms with Gasteiger partial charge in [-0.05, 0) is 13.0 Å². The summed E-state index contributed by atoms with van der Waals surface area (Å²) in [5.74, 6) is 1.76. The zero-order chi connectivity index (χ0) is 22.1. The molecule has 11 heteroatoms. The molecule has 1 aliphatic heterocycles. The Morgan fingerprint density at radius 3 is 2.59 bits per heavy atom. The first-order valence-corrected chi connectivity index (χ1v) is 10.4. The summed E-state index contributed by atoms with van der Waals surface area (Å²) < 4.78 is 6.94. The van der Waals surface area contributed by atoms with Crippen molar-refractivity contribution in [1.82, 2.24) is 34.8 Å². The van der Waals surface area contributed by atoms with Crippen LogP contribution in [0, 0.1) is 6.92 Å². The number of hydrogen-bond donors (Lipinski definition) is 0. The van der Waals surface area contributed by atoms with Gasteiger partial charge in [-0.1, -0.05) is 35.0 Å². The molecule has 5 rings (SSSR count). The molecule has 1 aromatic carbocycles. The van der Waals surface area contributed by atoms with Crippen LogP contribution < -0.4 is 4.90 Å². The predicted octanol–water partition coefficient (Wildman–Crippen LogP) is 2.64. The van der Waals surface area contributed by atoms with Gasteiger partial charge in [0.1, 0.15) is 41.8 Å². The minimum absolute atomic E-state index is 0.121. The van der Waals surface area contributed by atoms with Crippen LogP contribution in [-0.2, 0) is 0 Å². The molecule has 0 aliphatic carbocycles. The van der Waals surface area contributed by atoms with Crippen LogP contribution >= 0.6 is 11.6 Å². The van der Waals surface area contributed by atoms with Crippen LogP contribution in [0.4, 0.5) is 5.82 Å². The highest BCUT2D eigenvalue weighted by molar-refractivity contribution is 6.33. The van der Waals surface area contributed by atoms with Gasteiger partial charge < -0.3 is 14.3 Å². The third kappa shape index (κ3) is 3.69. The smallest absolute Gasteiger partial charge is 0.259 e. The molecule has 32 heavy (non-hydrogen) atoms. The standard InChI is InChI=1S/C21H19ClN8O2/c1-14-19(20(27-32-14)15-4-2-3-5-16(15)22)21(31)29-8-6-28(7-9-29)17-10-18(25-12-24-17)30-13-23-11-26-30/h2-5,10-13H,6-9H2,1H3. The van der Waals surface area contributed by atoms with E-state index < -0.39 is 0 Å². The third-order valence-corrected chi connectivity index (χ3v) is 5.72. The topological polar surface area (TPSA) is 106 Å². The lowest BCUT2D eigenvalue weighted by atomic mass is 10.0. The van der Waals surface area contributed by atoms with Crippen LogP contribution in [0.2, 0.25) is 5.02 Å². The largest absolute Gasteiger partial charge is 0.360 e. The number of benzene rings is 1. The van der Waals surface area contributed by atoms with Crippen LogP contribution in [-0.4, -0.2) is 66.9 Å². The number of carbonyl (C=O) groups is 1. The van der Waals surface area contributed by atoms with Gasteiger partial charge >= 0.3 is 0 Å². The number of carbonyl (C=O) groups excluding carboxylic acids is 1. The van der Waals surface area contributed by atoms with Crippen molar-refractivity contribution in [3.63, 3.8) is 0 Å². The Balaban J connectivity index is 1.33. The van der Waals surface area contributed by atoms with Gasteiger partial charge in [0.15, 0.2) is 5.82 Å². The maximum absolute atomic E-state index is 13.4. The molecular formula is C21H19ClN8O2. The maximum atomic E-state index is 13.4. The van der Waals surface area contributed by atoms with Gasteiger partial charge in [-0.2, -0.15) is 5.10 Å². The summed E-state index contributed by atoms with van der Waals surface area (Å²) >= 11 is 6.33. The highest BCUT2D eigenvalue weighted by atomic mass is 35.5. The van der Waals surface area contributed by atoms with Crippen LogP contribution in [0.15, 0.2) is 53.8 Å². The maximum Gasteiger partial charge on any atom is 0.259 e. The number of nitrogens with zero attached hydrogens (tertiary/aromatic N) is 8. The van der Waals surface area contributed by atoms with Crippen LogP contribution in [0.25, 0.3) is 17.1 Å². The first kappa shape index (κ1) is 20.1. The monoisotopic (exact) mass is 450 g/mol. The lowest BCUT2D eigenvalue weighted by Crippen LogP contribution is -2.49. The number of piperazine rings is 1. The molecule has 0 N–H and O–H groups in total. The van der Waals surface area contributed by atoms with Gasteiger partial charge in [0.25, 0.3) is 5.91 Å². The Labute approximate surface area is 188 Å². The van der Waals surface area contributed by atoms with Crippen LogP contribution in [0.3, 0.4) is 0 Å². The first-order valence-electron chi connectivity index (χ1n) is 10.0. The summed E-state index contributed by atoms with van der Waals surface area (Å²) in [5.41, 5.74) is 1.59. The Morgan fingerprint density at radius 1 is 1.06 bits per heavy atom. The van der Waals surface area contributed by atoms with E-state index in [-0.39, 0.29) is 5.91 Å². The van der Waals surface area contributed by atoms with Gasteiger partial charge in [0.05, 0.1) is 5.02 Å². The number of amides is 1. The zero-order valence-electron chi connectivity index (χ0n) is 17.2. The molecule has 0 saturated carbocycles. The van der Waals surface area contributed by atoms with Crippen molar-refractivity contribution in [2.45, 2.75) is 6.92 Å². The summed E-state index contributed by atoms with van der Waals surface area (Å²) in [7, 11) is 0. The van der Waals surface area contributed by atoms with Crippen molar-refractivity contribution < 1.29 is 9.32 Å². The number of aryl methyl sites for hydroxylation is 1. The first-order chi connectivity index (χ1) is 15.6. The van der Waals surface area contributed by atoms with E-state index in [1.807, 2.05) is 24.3 Å². The Hall–Kier alpha value is -3.79. The Bertz CT molecular complexity index is 1250. The number of hydrogen-bond acceptors (Lipinski definition) is 8. The average molecular weight is 451 g/mol. The van der Waals surface area contributed by atoms with Crippen LogP contribution in [0.5, 0.6) is 0 Å². The molecule has 1 amide bonds. The Kier molecular flexibility index (Phi) is 5.28. The lowest BCUT2D eigenvalue weighted by Gasteiger charge is -2.35. The zero-order valence-corrected chi connectivity index (χ0v) is 18.0. The summed E-state index contributed by atoms with van der Waals surface area (Å²) in [5, 5.41) is 8.74. The molecular weight excluding hydrogens is 432 g/mol. The molecule has 0 unspecified atom stereocenters. The molecule has 10 nitrogen and oxygen atoms in total. The van der Waals surface area contributed by atoms with E-state index in [4.69, 9.17) is 16.1 Å². The second kappa shape index (κ2) is 8.39. The fraction of sp³-hybridized carbons (Fsp3) is 0.238. The molecule has 4 aromatic rings. The van der Waals surface area contributed by atoms with E-state index in [2.05, 4.69) is 30.1 Å². The number of rotatable bonds is 4. The average Bonchev–Trinajstić information content (AvgIpc) is 3.49. The van der Waals surface area contributed by atoms with E-state index in [0.717, 1.165) is 5.82 Å². The van der Waals surface area contributed by atoms with E-state index in [9.17, 15) is 4.79 Å². The molecule has 0 spiro atoms. The van der Waals surface area contributed by atoms with E-state index in [1.54, 1.807) is 28.9 Å². The van der Waals surface area contributed by atoms with Crippen molar-refractivity contribution >= 4 is 23.3 Å². The fourth-order valence-electron chi connectivity index (χ4n) is 3.72. The third-order valence-electron chi connectivity index (χ3n) is 5.39. The quantitative estimate of drug-likeness (QED) is 0.467. The second-order valence-electron chi connectivity index (χ2n) is 7.30. The number of anilines is 1. The highest BCUT2D eigenvalue weighted by Gasteiger charge is 2.29. The summed E-state index contributed by atoms with van der Waals surface area (Å²) in [6, 6.07) is 9.14. The minimum Gasteiger partial charge on any atom is -0.360 e. The molecule has 1 fully saturated rings. The van der Waals surface area contributed by atoms with E-state index in [0.29, 0.717) is 59.6 Å². The van der Waals surface area contributed by atoms with Crippen molar-refractivity contribution in [1.29, 1.82) is 0 Å². The number of halogens is 1. The SMILES string of the molecule is Cc1onc(-c2ccccc2Cl)c1C(=O)N1CCN(c2cc(-n3cncn3)ncn2)CC1. The molecule has 0 bridgehead atoms. The summed E-state index contributed by atoms with van der Waals surface area (Å²) in [6.07, 6.45) is 4.54. The van der Waals surface area contributed by atoms with Crippen molar-refractivity contribution in [3.05, 3.63) is 65.7 Å². The van der Waals surface area contributed by atoms with E-state index in [1.165, 1.54) is 12.7 Å².